The number of aromatic nitrogens is 1. The fourth-order valence-corrected chi connectivity index (χ4v) is 5.46. The zero-order chi connectivity index (χ0) is 24.3. The third-order valence-electron chi connectivity index (χ3n) is 6.86. The summed E-state index contributed by atoms with van der Waals surface area (Å²) in [5.74, 6) is 0. The van der Waals surface area contributed by atoms with E-state index < -0.39 is 0 Å². The summed E-state index contributed by atoms with van der Waals surface area (Å²) < 4.78 is 2.45. The largest absolute Gasteiger partial charge is 0.309 e. The van der Waals surface area contributed by atoms with Gasteiger partial charge >= 0.3 is 0 Å². The third kappa shape index (κ3) is 3.64. The fraction of sp³-hybridized carbons (Fsp3) is 0.273. The van der Waals surface area contributed by atoms with Crippen molar-refractivity contribution in [2.45, 2.75) is 59.3 Å². The quantitative estimate of drug-likeness (QED) is 0.255. The van der Waals surface area contributed by atoms with Gasteiger partial charge in [0, 0.05) is 16.5 Å². The smallest absolute Gasteiger partial charge is 0.0547 e. The minimum Gasteiger partial charge on any atom is -0.309 e. The SMILES string of the molecule is Cc1cccc(-c2cccc3c2c2c(C(C)(C)C)c(C(C)(C)C)ccc2n3-c2ccccc2)c1. The first-order valence-corrected chi connectivity index (χ1v) is 12.3. The van der Waals surface area contributed by atoms with Crippen LogP contribution in [0.3, 0.4) is 0 Å². The molecule has 0 radical (unpaired) electrons. The number of rotatable bonds is 2. The molecule has 0 saturated heterocycles. The van der Waals surface area contributed by atoms with Gasteiger partial charge in [0.15, 0.2) is 0 Å². The van der Waals surface area contributed by atoms with Crippen LogP contribution in [0.25, 0.3) is 38.6 Å². The lowest BCUT2D eigenvalue weighted by Gasteiger charge is -2.31. The summed E-state index contributed by atoms with van der Waals surface area (Å²) in [6.45, 7) is 16.3. The standard InChI is InChI=1S/C33H35N/c1-22-13-11-14-23(21-22)25-17-12-18-27-29(25)30-28(34(27)24-15-9-8-10-16-24)20-19-26(32(2,3)4)31(30)33(5,6)7/h8-21H,1-7H3. The Labute approximate surface area is 204 Å². The molecule has 0 unspecified atom stereocenters. The van der Waals surface area contributed by atoms with Crippen molar-refractivity contribution in [3.05, 3.63) is 102 Å². The zero-order valence-electron chi connectivity index (χ0n) is 21.5. The Morgan fingerprint density at radius 2 is 1.26 bits per heavy atom. The van der Waals surface area contributed by atoms with Gasteiger partial charge in [0.2, 0.25) is 0 Å². The molecule has 0 amide bonds. The molecule has 34 heavy (non-hydrogen) atoms. The van der Waals surface area contributed by atoms with Crippen molar-refractivity contribution < 1.29 is 0 Å². The molecule has 5 aromatic rings. The minimum absolute atomic E-state index is 0.00234. The molecule has 0 saturated carbocycles. The van der Waals surface area contributed by atoms with Gasteiger partial charge in [-0.1, -0.05) is 108 Å². The van der Waals surface area contributed by atoms with E-state index in [1.807, 2.05) is 0 Å². The van der Waals surface area contributed by atoms with Gasteiger partial charge in [0.05, 0.1) is 11.0 Å². The first kappa shape index (κ1) is 22.5. The molecule has 0 bridgehead atoms. The maximum atomic E-state index is 2.45. The van der Waals surface area contributed by atoms with Crippen molar-refractivity contribution in [1.29, 1.82) is 0 Å². The highest BCUT2D eigenvalue weighted by Crippen LogP contribution is 2.46. The molecule has 1 heterocycles. The molecule has 1 heteroatoms. The van der Waals surface area contributed by atoms with E-state index >= 15 is 0 Å². The summed E-state index contributed by atoms with van der Waals surface area (Å²) in [4.78, 5) is 0. The van der Waals surface area contributed by atoms with Gasteiger partial charge in [0.1, 0.15) is 0 Å². The second kappa shape index (κ2) is 7.87. The predicted octanol–water partition coefficient (Wildman–Crippen LogP) is 9.35. The van der Waals surface area contributed by atoms with Crippen LogP contribution in [0.5, 0.6) is 0 Å². The van der Waals surface area contributed by atoms with E-state index in [0.29, 0.717) is 0 Å². The van der Waals surface area contributed by atoms with Gasteiger partial charge in [-0.25, -0.2) is 0 Å². The van der Waals surface area contributed by atoms with Crippen LogP contribution in [0.2, 0.25) is 0 Å². The Bertz CT molecular complexity index is 1500. The minimum atomic E-state index is -0.00234. The summed E-state index contributed by atoms with van der Waals surface area (Å²) in [5.41, 5.74) is 10.5. The molecule has 0 fully saturated rings. The molecule has 0 aliphatic rings. The highest BCUT2D eigenvalue weighted by Gasteiger charge is 2.30. The number of fused-ring (bicyclic) bond motifs is 3. The van der Waals surface area contributed by atoms with Crippen molar-refractivity contribution in [1.82, 2.24) is 4.57 Å². The normalized spacial score (nSPS) is 12.6. The molecule has 0 atom stereocenters. The van der Waals surface area contributed by atoms with E-state index in [1.165, 1.54) is 55.3 Å². The monoisotopic (exact) mass is 445 g/mol. The first-order chi connectivity index (χ1) is 16.1. The maximum Gasteiger partial charge on any atom is 0.0547 e. The Hall–Kier alpha value is -3.32. The summed E-state index contributed by atoms with van der Waals surface area (Å²) in [5, 5.41) is 2.74. The Kier molecular flexibility index (Phi) is 5.20. The van der Waals surface area contributed by atoms with E-state index in [0.717, 1.165) is 0 Å². The number of benzene rings is 4. The van der Waals surface area contributed by atoms with E-state index in [1.54, 1.807) is 0 Å². The van der Waals surface area contributed by atoms with Gasteiger partial charge < -0.3 is 4.57 Å². The van der Waals surface area contributed by atoms with Crippen molar-refractivity contribution in [3.63, 3.8) is 0 Å². The molecule has 0 spiro atoms. The second-order valence-corrected chi connectivity index (χ2v) is 11.6. The van der Waals surface area contributed by atoms with E-state index in [9.17, 15) is 0 Å². The van der Waals surface area contributed by atoms with Crippen LogP contribution < -0.4 is 0 Å². The molecule has 1 aromatic heterocycles. The summed E-state index contributed by atoms with van der Waals surface area (Å²) >= 11 is 0. The van der Waals surface area contributed by atoms with Gasteiger partial charge in [-0.05, 0) is 64.3 Å². The molecular weight excluding hydrogens is 410 g/mol. The molecule has 1 nitrogen and oxygen atoms in total. The fourth-order valence-electron chi connectivity index (χ4n) is 5.46. The van der Waals surface area contributed by atoms with Crippen molar-refractivity contribution in [2.24, 2.45) is 0 Å². The van der Waals surface area contributed by atoms with Crippen LogP contribution in [-0.2, 0) is 10.8 Å². The van der Waals surface area contributed by atoms with Crippen LogP contribution in [0.1, 0.15) is 58.2 Å². The van der Waals surface area contributed by atoms with Crippen LogP contribution in [0.4, 0.5) is 0 Å². The van der Waals surface area contributed by atoms with Gasteiger partial charge in [0.25, 0.3) is 0 Å². The molecule has 5 rings (SSSR count). The average Bonchev–Trinajstić information content (AvgIpc) is 3.12. The second-order valence-electron chi connectivity index (χ2n) is 11.6. The van der Waals surface area contributed by atoms with Gasteiger partial charge in [-0.15, -0.1) is 0 Å². The topological polar surface area (TPSA) is 4.93 Å². The molecule has 0 aliphatic carbocycles. The zero-order valence-corrected chi connectivity index (χ0v) is 21.5. The number of hydrogen-bond donors (Lipinski definition) is 0. The lowest BCUT2D eigenvalue weighted by atomic mass is 9.73. The van der Waals surface area contributed by atoms with Crippen LogP contribution in [-0.4, -0.2) is 4.57 Å². The maximum absolute atomic E-state index is 2.45. The third-order valence-corrected chi connectivity index (χ3v) is 6.86. The summed E-state index contributed by atoms with van der Waals surface area (Å²) in [6, 6.07) is 31.2. The van der Waals surface area contributed by atoms with Crippen LogP contribution >= 0.6 is 0 Å². The number of para-hydroxylation sites is 1. The molecule has 172 valence electrons. The van der Waals surface area contributed by atoms with Crippen molar-refractivity contribution in [2.75, 3.05) is 0 Å². The Morgan fingerprint density at radius 1 is 0.588 bits per heavy atom. The lowest BCUT2D eigenvalue weighted by Crippen LogP contribution is -2.22. The molecular formula is C33H35N. The lowest BCUT2D eigenvalue weighted by molar-refractivity contribution is 0.535. The van der Waals surface area contributed by atoms with Crippen molar-refractivity contribution in [3.8, 4) is 16.8 Å². The van der Waals surface area contributed by atoms with Crippen molar-refractivity contribution >= 4 is 21.8 Å². The first-order valence-electron chi connectivity index (χ1n) is 12.3. The highest BCUT2D eigenvalue weighted by molar-refractivity contribution is 6.17. The Morgan fingerprint density at radius 3 is 1.91 bits per heavy atom. The average molecular weight is 446 g/mol. The van der Waals surface area contributed by atoms with Gasteiger partial charge in [-0.2, -0.15) is 0 Å². The van der Waals surface area contributed by atoms with E-state index in [-0.39, 0.29) is 10.8 Å². The molecule has 0 aliphatic heterocycles. The highest BCUT2D eigenvalue weighted by atomic mass is 15.0. The van der Waals surface area contributed by atoms with Crippen LogP contribution in [0.15, 0.2) is 84.9 Å². The Balaban J connectivity index is 2.07. The predicted molar refractivity (Wildman–Crippen MR) is 148 cm³/mol. The number of hydrogen-bond acceptors (Lipinski definition) is 0. The summed E-state index contributed by atoms with van der Waals surface area (Å²) in [6.07, 6.45) is 0. The van der Waals surface area contributed by atoms with E-state index in [2.05, 4.69) is 138 Å². The molecule has 4 aromatic carbocycles. The van der Waals surface area contributed by atoms with Crippen LogP contribution in [0, 0.1) is 6.92 Å². The van der Waals surface area contributed by atoms with Gasteiger partial charge in [-0.3, -0.25) is 0 Å². The number of nitrogens with zero attached hydrogens (tertiary/aromatic N) is 1. The number of aryl methyl sites for hydroxylation is 1. The molecule has 0 N–H and O–H groups in total. The summed E-state index contributed by atoms with van der Waals surface area (Å²) in [7, 11) is 0. The van der Waals surface area contributed by atoms with E-state index in [4.69, 9.17) is 0 Å².